The van der Waals surface area contributed by atoms with E-state index in [1.807, 2.05) is 12.3 Å². The number of hydrogen-bond donors (Lipinski definition) is 0. The number of aromatic nitrogens is 2. The molecule has 0 bridgehead atoms. The van der Waals surface area contributed by atoms with Crippen molar-refractivity contribution in [2.75, 3.05) is 37.1 Å². The zero-order chi connectivity index (χ0) is 19.8. The molecule has 6 heteroatoms. The second kappa shape index (κ2) is 7.28. The molecule has 148 valence electrons. The van der Waals surface area contributed by atoms with E-state index >= 15 is 0 Å². The fourth-order valence-electron chi connectivity index (χ4n) is 4.27. The molecule has 0 N–H and O–H groups in total. The topological polar surface area (TPSA) is 50.7 Å². The normalized spacial score (nSPS) is 15.1. The molecule has 0 spiro atoms. The first-order valence-corrected chi connectivity index (χ1v) is 9.94. The molecule has 0 saturated heterocycles. The van der Waals surface area contributed by atoms with Gasteiger partial charge in [-0.15, -0.1) is 0 Å². The van der Waals surface area contributed by atoms with Gasteiger partial charge in [0, 0.05) is 31.5 Å². The van der Waals surface area contributed by atoms with Crippen molar-refractivity contribution in [3.05, 3.63) is 65.4 Å². The summed E-state index contributed by atoms with van der Waals surface area (Å²) >= 11 is 0. The first kappa shape index (κ1) is 17.8. The lowest BCUT2D eigenvalue weighted by Crippen LogP contribution is -2.32. The Morgan fingerprint density at radius 3 is 2.45 bits per heavy atom. The van der Waals surface area contributed by atoms with Gasteiger partial charge in [0.25, 0.3) is 0 Å². The average molecular weight is 388 g/mol. The molecular weight excluding hydrogens is 364 g/mol. The first-order chi connectivity index (χ1) is 14.3. The Morgan fingerprint density at radius 1 is 0.862 bits per heavy atom. The smallest absolute Gasteiger partial charge is 0.227 e. The predicted octanol–water partition coefficient (Wildman–Crippen LogP) is 3.75. The number of benzene rings is 2. The van der Waals surface area contributed by atoms with Gasteiger partial charge >= 0.3 is 0 Å². The summed E-state index contributed by atoms with van der Waals surface area (Å²) in [7, 11) is 3.35. The minimum atomic E-state index is 0.760. The SMILES string of the molecule is COc1cc2c(cc1OC)CN(c1nccc(N3CCc4ccccc43)n1)CC2. The zero-order valence-electron chi connectivity index (χ0n) is 16.8. The molecular formula is C23H24N4O2. The summed E-state index contributed by atoms with van der Waals surface area (Å²) in [6, 6.07) is 14.7. The van der Waals surface area contributed by atoms with Crippen molar-refractivity contribution in [2.45, 2.75) is 19.4 Å². The molecule has 0 radical (unpaired) electrons. The molecule has 2 aliphatic rings. The van der Waals surface area contributed by atoms with Crippen LogP contribution in [0.25, 0.3) is 0 Å². The van der Waals surface area contributed by atoms with Crippen molar-refractivity contribution >= 4 is 17.5 Å². The quantitative estimate of drug-likeness (QED) is 0.679. The van der Waals surface area contributed by atoms with Gasteiger partial charge in [-0.25, -0.2) is 4.98 Å². The third-order valence-electron chi connectivity index (χ3n) is 5.79. The maximum Gasteiger partial charge on any atom is 0.227 e. The minimum Gasteiger partial charge on any atom is -0.493 e. The van der Waals surface area contributed by atoms with Crippen molar-refractivity contribution in [3.8, 4) is 11.5 Å². The van der Waals surface area contributed by atoms with Gasteiger partial charge in [-0.05, 0) is 53.8 Å². The molecule has 0 amide bonds. The summed E-state index contributed by atoms with van der Waals surface area (Å²) in [6.45, 7) is 2.59. The van der Waals surface area contributed by atoms with Crippen LogP contribution in [-0.2, 0) is 19.4 Å². The number of nitrogens with zero attached hydrogens (tertiary/aromatic N) is 4. The molecule has 29 heavy (non-hydrogen) atoms. The average Bonchev–Trinajstić information content (AvgIpc) is 3.22. The second-order valence-electron chi connectivity index (χ2n) is 7.39. The molecule has 3 aromatic rings. The molecule has 6 nitrogen and oxygen atoms in total. The van der Waals surface area contributed by atoms with E-state index in [0.717, 1.165) is 55.7 Å². The van der Waals surface area contributed by atoms with E-state index in [4.69, 9.17) is 14.5 Å². The van der Waals surface area contributed by atoms with Crippen molar-refractivity contribution < 1.29 is 9.47 Å². The summed E-state index contributed by atoms with van der Waals surface area (Å²) in [6.07, 6.45) is 3.84. The number of para-hydroxylation sites is 1. The first-order valence-electron chi connectivity index (χ1n) is 9.94. The fourth-order valence-corrected chi connectivity index (χ4v) is 4.27. The Balaban J connectivity index is 1.43. The molecule has 5 rings (SSSR count). The third-order valence-corrected chi connectivity index (χ3v) is 5.79. The van der Waals surface area contributed by atoms with E-state index in [9.17, 15) is 0 Å². The minimum absolute atomic E-state index is 0.760. The maximum atomic E-state index is 5.48. The molecule has 0 atom stereocenters. The highest BCUT2D eigenvalue weighted by Crippen LogP contribution is 2.36. The number of ether oxygens (including phenoxy) is 2. The van der Waals surface area contributed by atoms with E-state index < -0.39 is 0 Å². The van der Waals surface area contributed by atoms with Crippen LogP contribution < -0.4 is 19.3 Å². The van der Waals surface area contributed by atoms with Gasteiger partial charge in [0.1, 0.15) is 5.82 Å². The summed E-state index contributed by atoms with van der Waals surface area (Å²) in [5.74, 6) is 3.27. The van der Waals surface area contributed by atoms with Gasteiger partial charge in [-0.2, -0.15) is 4.98 Å². The molecule has 3 heterocycles. The fraction of sp³-hybridized carbons (Fsp3) is 0.304. The van der Waals surface area contributed by atoms with Crippen molar-refractivity contribution in [1.82, 2.24) is 9.97 Å². The Labute approximate surface area is 170 Å². The van der Waals surface area contributed by atoms with Crippen LogP contribution in [0.1, 0.15) is 16.7 Å². The second-order valence-corrected chi connectivity index (χ2v) is 7.39. The Hall–Kier alpha value is -3.28. The molecule has 2 aromatic carbocycles. The Morgan fingerprint density at radius 2 is 1.62 bits per heavy atom. The number of hydrogen-bond acceptors (Lipinski definition) is 6. The molecule has 0 fully saturated rings. The van der Waals surface area contributed by atoms with Gasteiger partial charge in [0.15, 0.2) is 11.5 Å². The van der Waals surface area contributed by atoms with Gasteiger partial charge in [0.2, 0.25) is 5.95 Å². The highest BCUT2D eigenvalue weighted by Gasteiger charge is 2.24. The monoisotopic (exact) mass is 388 g/mol. The Kier molecular flexibility index (Phi) is 4.46. The van der Waals surface area contributed by atoms with Crippen LogP contribution in [-0.4, -0.2) is 37.3 Å². The van der Waals surface area contributed by atoms with E-state index in [1.54, 1.807) is 14.2 Å². The van der Waals surface area contributed by atoms with Crippen LogP contribution in [0.3, 0.4) is 0 Å². The van der Waals surface area contributed by atoms with Crippen LogP contribution in [0.4, 0.5) is 17.5 Å². The standard InChI is InChI=1S/C23H24N4O2/c1-28-20-13-17-8-11-26(15-18(17)14-21(20)29-2)23-24-10-7-22(25-23)27-12-9-16-5-3-4-6-19(16)27/h3-7,10,13-14H,8-9,11-12,15H2,1-2H3. The molecule has 0 saturated carbocycles. The highest BCUT2D eigenvalue weighted by molar-refractivity contribution is 5.68. The van der Waals surface area contributed by atoms with Crippen LogP contribution in [0.5, 0.6) is 11.5 Å². The molecule has 0 aliphatic carbocycles. The molecule has 0 unspecified atom stereocenters. The van der Waals surface area contributed by atoms with Crippen molar-refractivity contribution in [2.24, 2.45) is 0 Å². The van der Waals surface area contributed by atoms with Crippen molar-refractivity contribution in [3.63, 3.8) is 0 Å². The third kappa shape index (κ3) is 3.14. The zero-order valence-corrected chi connectivity index (χ0v) is 16.8. The van der Waals surface area contributed by atoms with E-state index in [2.05, 4.69) is 51.2 Å². The lowest BCUT2D eigenvalue weighted by atomic mass is 9.99. The van der Waals surface area contributed by atoms with Crippen molar-refractivity contribution in [1.29, 1.82) is 0 Å². The van der Waals surface area contributed by atoms with E-state index in [1.165, 1.54) is 22.4 Å². The van der Waals surface area contributed by atoms with E-state index in [0.29, 0.717) is 0 Å². The van der Waals surface area contributed by atoms with Crippen LogP contribution in [0.2, 0.25) is 0 Å². The number of fused-ring (bicyclic) bond motifs is 2. The maximum absolute atomic E-state index is 5.48. The van der Waals surface area contributed by atoms with Gasteiger partial charge in [0.05, 0.1) is 14.2 Å². The van der Waals surface area contributed by atoms with Gasteiger partial charge < -0.3 is 19.3 Å². The summed E-state index contributed by atoms with van der Waals surface area (Å²) in [5.41, 5.74) is 5.15. The summed E-state index contributed by atoms with van der Waals surface area (Å²) in [4.78, 5) is 14.0. The predicted molar refractivity (Wildman–Crippen MR) is 113 cm³/mol. The summed E-state index contributed by atoms with van der Waals surface area (Å²) < 4.78 is 10.9. The number of rotatable bonds is 4. The molecule has 2 aliphatic heterocycles. The largest absolute Gasteiger partial charge is 0.493 e. The van der Waals surface area contributed by atoms with Gasteiger partial charge in [-0.3, -0.25) is 0 Å². The van der Waals surface area contributed by atoms with E-state index in [-0.39, 0.29) is 0 Å². The number of anilines is 3. The highest BCUT2D eigenvalue weighted by atomic mass is 16.5. The van der Waals surface area contributed by atoms with Crippen LogP contribution in [0.15, 0.2) is 48.7 Å². The lowest BCUT2D eigenvalue weighted by molar-refractivity contribution is 0.353. The number of methoxy groups -OCH3 is 2. The Bertz CT molecular complexity index is 1050. The molecule has 1 aromatic heterocycles. The van der Waals surface area contributed by atoms with Crippen LogP contribution >= 0.6 is 0 Å². The van der Waals surface area contributed by atoms with Crippen LogP contribution in [0, 0.1) is 0 Å². The lowest BCUT2D eigenvalue weighted by Gasteiger charge is -2.30. The summed E-state index contributed by atoms with van der Waals surface area (Å²) in [5, 5.41) is 0. The van der Waals surface area contributed by atoms with Gasteiger partial charge in [-0.1, -0.05) is 18.2 Å².